The quantitative estimate of drug-likeness (QED) is 0.429. The largest absolute Gasteiger partial charge is 0.481 e. The Hall–Kier alpha value is -3.54. The van der Waals surface area contributed by atoms with E-state index in [0.717, 1.165) is 47.2 Å². The maximum atomic E-state index is 13.9. The van der Waals surface area contributed by atoms with Crippen LogP contribution in [0, 0.1) is 25.6 Å². The second kappa shape index (κ2) is 10.2. The molecule has 0 bridgehead atoms. The first-order valence-corrected chi connectivity index (χ1v) is 11.7. The molecule has 1 atom stereocenters. The van der Waals surface area contributed by atoms with Gasteiger partial charge in [0.25, 0.3) is 0 Å². The standard InChI is InChI=1S/C28H29FN2O3/c1-17-19(13-14-26(32)33)5-4-8-25(17)31-28(34)27(21-6-3-7-21)22-11-9-20(10-12-22)23-15-24(29)18(2)30-16-23/h4-5,8-12,15-16,21,27H,3,6-7,13-14H2,1-2H3,(H,31,34)(H,32,33). The van der Waals surface area contributed by atoms with E-state index in [1.807, 2.05) is 49.4 Å². The van der Waals surface area contributed by atoms with Crippen LogP contribution in [-0.2, 0) is 16.0 Å². The molecule has 2 aromatic carbocycles. The highest BCUT2D eigenvalue weighted by atomic mass is 19.1. The molecular weight excluding hydrogens is 431 g/mol. The van der Waals surface area contributed by atoms with Gasteiger partial charge in [0, 0.05) is 23.9 Å². The van der Waals surface area contributed by atoms with Crippen molar-refractivity contribution in [3.05, 3.63) is 82.9 Å². The number of rotatable bonds is 8. The van der Waals surface area contributed by atoms with Crippen LogP contribution in [-0.4, -0.2) is 22.0 Å². The lowest BCUT2D eigenvalue weighted by molar-refractivity contribution is -0.137. The number of hydrogen-bond acceptors (Lipinski definition) is 3. The molecule has 176 valence electrons. The summed E-state index contributed by atoms with van der Waals surface area (Å²) >= 11 is 0. The maximum Gasteiger partial charge on any atom is 0.303 e. The SMILES string of the molecule is Cc1ncc(-c2ccc(C(C(=O)Nc3cccc(CCC(=O)O)c3C)C3CCC3)cc2)cc1F. The van der Waals surface area contributed by atoms with Gasteiger partial charge in [-0.05, 0) is 73.4 Å². The molecule has 1 amide bonds. The van der Waals surface area contributed by atoms with Crippen molar-refractivity contribution < 1.29 is 19.1 Å². The third-order valence-electron chi connectivity index (χ3n) is 6.84. The molecule has 1 aliphatic carbocycles. The number of aryl methyl sites for hydroxylation is 2. The van der Waals surface area contributed by atoms with Crippen molar-refractivity contribution in [1.82, 2.24) is 4.98 Å². The van der Waals surface area contributed by atoms with Crippen LogP contribution in [0.1, 0.15) is 54.0 Å². The number of carboxylic acids is 1. The zero-order valence-electron chi connectivity index (χ0n) is 19.5. The number of carbonyl (C=O) groups excluding carboxylic acids is 1. The van der Waals surface area contributed by atoms with Gasteiger partial charge in [0.05, 0.1) is 11.6 Å². The molecular formula is C28H29FN2O3. The first-order valence-electron chi connectivity index (χ1n) is 11.7. The highest BCUT2D eigenvalue weighted by Gasteiger charge is 2.34. The van der Waals surface area contributed by atoms with E-state index in [-0.39, 0.29) is 30.0 Å². The number of carboxylic acid groups (broad SMARTS) is 1. The minimum atomic E-state index is -0.841. The Kier molecular flexibility index (Phi) is 7.06. The van der Waals surface area contributed by atoms with Crippen LogP contribution in [0.3, 0.4) is 0 Å². The van der Waals surface area contributed by atoms with Crippen LogP contribution >= 0.6 is 0 Å². The van der Waals surface area contributed by atoms with Crippen molar-refractivity contribution in [1.29, 1.82) is 0 Å². The van der Waals surface area contributed by atoms with E-state index in [0.29, 0.717) is 17.7 Å². The molecule has 1 aliphatic rings. The van der Waals surface area contributed by atoms with Crippen molar-refractivity contribution in [3.8, 4) is 11.1 Å². The van der Waals surface area contributed by atoms with E-state index in [4.69, 9.17) is 5.11 Å². The highest BCUT2D eigenvalue weighted by molar-refractivity contribution is 5.97. The third-order valence-corrected chi connectivity index (χ3v) is 6.84. The van der Waals surface area contributed by atoms with E-state index in [1.54, 1.807) is 13.1 Å². The van der Waals surface area contributed by atoms with Crippen molar-refractivity contribution >= 4 is 17.6 Å². The number of halogens is 1. The van der Waals surface area contributed by atoms with E-state index in [2.05, 4.69) is 10.3 Å². The zero-order valence-corrected chi connectivity index (χ0v) is 19.5. The Morgan fingerprint density at radius 1 is 1.12 bits per heavy atom. The van der Waals surface area contributed by atoms with Crippen LogP contribution < -0.4 is 5.32 Å². The van der Waals surface area contributed by atoms with Crippen molar-refractivity contribution in [2.45, 2.75) is 51.9 Å². The van der Waals surface area contributed by atoms with Crippen LogP contribution in [0.4, 0.5) is 10.1 Å². The van der Waals surface area contributed by atoms with Crippen molar-refractivity contribution in [2.75, 3.05) is 5.32 Å². The average molecular weight is 461 g/mol. The highest BCUT2D eigenvalue weighted by Crippen LogP contribution is 2.40. The first kappa shape index (κ1) is 23.6. The van der Waals surface area contributed by atoms with E-state index < -0.39 is 5.97 Å². The van der Waals surface area contributed by atoms with Gasteiger partial charge in [0.15, 0.2) is 0 Å². The predicted octanol–water partition coefficient (Wildman–Crippen LogP) is 6.04. The molecule has 1 heterocycles. The predicted molar refractivity (Wildman–Crippen MR) is 130 cm³/mol. The Bertz CT molecular complexity index is 1200. The average Bonchev–Trinajstić information content (AvgIpc) is 2.78. The fourth-order valence-electron chi connectivity index (χ4n) is 4.50. The molecule has 0 spiro atoms. The zero-order chi connectivity index (χ0) is 24.2. The number of anilines is 1. The van der Waals surface area contributed by atoms with Gasteiger partial charge >= 0.3 is 5.97 Å². The summed E-state index contributed by atoms with van der Waals surface area (Å²) in [5.41, 5.74) is 5.39. The summed E-state index contributed by atoms with van der Waals surface area (Å²) in [6, 6.07) is 14.8. The summed E-state index contributed by atoms with van der Waals surface area (Å²) in [6.45, 7) is 3.54. The van der Waals surface area contributed by atoms with Crippen LogP contribution in [0.5, 0.6) is 0 Å². The van der Waals surface area contributed by atoms with Gasteiger partial charge in [-0.2, -0.15) is 0 Å². The van der Waals surface area contributed by atoms with Gasteiger partial charge < -0.3 is 10.4 Å². The molecule has 1 fully saturated rings. The number of nitrogens with zero attached hydrogens (tertiary/aromatic N) is 1. The fraction of sp³-hybridized carbons (Fsp3) is 0.321. The number of pyridine rings is 1. The maximum absolute atomic E-state index is 13.9. The number of carbonyl (C=O) groups is 2. The molecule has 1 saturated carbocycles. The minimum Gasteiger partial charge on any atom is -0.481 e. The molecule has 34 heavy (non-hydrogen) atoms. The summed E-state index contributed by atoms with van der Waals surface area (Å²) in [5, 5.41) is 12.1. The Morgan fingerprint density at radius 3 is 2.47 bits per heavy atom. The summed E-state index contributed by atoms with van der Waals surface area (Å²) in [7, 11) is 0. The van der Waals surface area contributed by atoms with Crippen LogP contribution in [0.2, 0.25) is 0 Å². The van der Waals surface area contributed by atoms with E-state index in [9.17, 15) is 14.0 Å². The molecule has 6 heteroatoms. The summed E-state index contributed by atoms with van der Waals surface area (Å²) < 4.78 is 13.9. The Labute approximate surface area is 199 Å². The number of hydrogen-bond donors (Lipinski definition) is 2. The molecule has 4 rings (SSSR count). The molecule has 1 aromatic heterocycles. The number of benzene rings is 2. The van der Waals surface area contributed by atoms with Crippen LogP contribution in [0.15, 0.2) is 54.7 Å². The van der Waals surface area contributed by atoms with Gasteiger partial charge in [-0.25, -0.2) is 4.39 Å². The lowest BCUT2D eigenvalue weighted by atomic mass is 9.72. The fourth-order valence-corrected chi connectivity index (χ4v) is 4.50. The number of amides is 1. The normalized spacial score (nSPS) is 14.3. The lowest BCUT2D eigenvalue weighted by Gasteiger charge is -2.33. The molecule has 0 saturated heterocycles. The van der Waals surface area contributed by atoms with Gasteiger partial charge in [-0.3, -0.25) is 14.6 Å². The lowest BCUT2D eigenvalue weighted by Crippen LogP contribution is -2.31. The summed E-state index contributed by atoms with van der Waals surface area (Å²) in [4.78, 5) is 28.5. The molecule has 2 N–H and O–H groups in total. The molecule has 5 nitrogen and oxygen atoms in total. The second-order valence-corrected chi connectivity index (χ2v) is 9.05. The minimum absolute atomic E-state index is 0.0513. The van der Waals surface area contributed by atoms with Gasteiger partial charge in [0.2, 0.25) is 5.91 Å². The topological polar surface area (TPSA) is 79.3 Å². The molecule has 3 aromatic rings. The van der Waals surface area contributed by atoms with Crippen molar-refractivity contribution in [2.24, 2.45) is 5.92 Å². The van der Waals surface area contributed by atoms with E-state index in [1.165, 1.54) is 6.07 Å². The molecule has 0 aliphatic heterocycles. The monoisotopic (exact) mass is 460 g/mol. The number of nitrogens with one attached hydrogen (secondary N) is 1. The smallest absolute Gasteiger partial charge is 0.303 e. The molecule has 1 unspecified atom stereocenters. The second-order valence-electron chi connectivity index (χ2n) is 9.05. The Morgan fingerprint density at radius 2 is 1.85 bits per heavy atom. The number of aromatic nitrogens is 1. The Balaban J connectivity index is 1.56. The number of aliphatic carboxylic acids is 1. The van der Waals surface area contributed by atoms with Crippen LogP contribution in [0.25, 0.3) is 11.1 Å². The van der Waals surface area contributed by atoms with Gasteiger partial charge in [0.1, 0.15) is 5.82 Å². The molecule has 0 radical (unpaired) electrons. The van der Waals surface area contributed by atoms with Crippen molar-refractivity contribution in [3.63, 3.8) is 0 Å². The van der Waals surface area contributed by atoms with Gasteiger partial charge in [-0.15, -0.1) is 0 Å². The summed E-state index contributed by atoms with van der Waals surface area (Å²) in [5.74, 6) is -1.24. The third kappa shape index (κ3) is 5.16. The van der Waals surface area contributed by atoms with Gasteiger partial charge in [-0.1, -0.05) is 42.8 Å². The van der Waals surface area contributed by atoms with E-state index >= 15 is 0 Å². The summed E-state index contributed by atoms with van der Waals surface area (Å²) in [6.07, 6.45) is 5.26. The first-order chi connectivity index (χ1) is 16.3.